The summed E-state index contributed by atoms with van der Waals surface area (Å²) >= 11 is 0. The van der Waals surface area contributed by atoms with Crippen molar-refractivity contribution < 1.29 is 33.0 Å². The molecular weight excluding hydrogens is 267 g/mol. The minimum Gasteiger partial charge on any atom is -0.478 e. The normalized spacial score (nSPS) is 12.1. The van der Waals surface area contributed by atoms with Gasteiger partial charge in [-0.2, -0.15) is 13.2 Å². The fourth-order valence-electron chi connectivity index (χ4n) is 1.17. The molecule has 0 aliphatic carbocycles. The number of carboxylic acids is 2. The Bertz CT molecular complexity index is 520. The second-order valence-corrected chi connectivity index (χ2v) is 3.40. The molecule has 3 N–H and O–H groups in total. The lowest BCUT2D eigenvalue weighted by Gasteiger charge is -2.09. The molecule has 0 heterocycles. The van der Waals surface area contributed by atoms with E-state index < -0.39 is 29.4 Å². The van der Waals surface area contributed by atoms with E-state index in [4.69, 9.17) is 10.2 Å². The van der Waals surface area contributed by atoms with Gasteiger partial charge in [0.1, 0.15) is 5.70 Å². The maximum Gasteiger partial charge on any atom is 0.416 e. The van der Waals surface area contributed by atoms with Crippen molar-refractivity contribution in [3.05, 3.63) is 41.6 Å². The smallest absolute Gasteiger partial charge is 0.416 e. The highest BCUT2D eigenvalue weighted by molar-refractivity contribution is 5.97. The molecule has 5 nitrogen and oxygen atoms in total. The third-order valence-corrected chi connectivity index (χ3v) is 1.99. The van der Waals surface area contributed by atoms with Crippen molar-refractivity contribution >= 4 is 17.6 Å². The summed E-state index contributed by atoms with van der Waals surface area (Å²) in [4.78, 5) is 21.1. The van der Waals surface area contributed by atoms with Gasteiger partial charge >= 0.3 is 18.1 Å². The third kappa shape index (κ3) is 4.34. The summed E-state index contributed by atoms with van der Waals surface area (Å²) in [5, 5.41) is 19.3. The van der Waals surface area contributed by atoms with Crippen molar-refractivity contribution in [3.8, 4) is 0 Å². The molecule has 0 fully saturated rings. The van der Waals surface area contributed by atoms with Gasteiger partial charge < -0.3 is 15.5 Å². The molecule has 0 aliphatic rings. The summed E-state index contributed by atoms with van der Waals surface area (Å²) in [5.74, 6) is -3.03. The van der Waals surface area contributed by atoms with Crippen LogP contribution >= 0.6 is 0 Å². The lowest BCUT2D eigenvalue weighted by Crippen LogP contribution is -2.13. The van der Waals surface area contributed by atoms with E-state index in [2.05, 4.69) is 5.32 Å². The fraction of sp³-hybridized carbons (Fsp3) is 0.0909. The standard InChI is InChI=1S/C11H8F3NO4/c12-11(13,14)6-1-3-7(4-2-6)15-8(10(18)19)5-9(16)17/h1-5,15H,(H,16,17)(H,18,19)/b8-5-. The number of hydrogen-bond donors (Lipinski definition) is 3. The highest BCUT2D eigenvalue weighted by Crippen LogP contribution is 2.29. The Balaban J connectivity index is 2.94. The van der Waals surface area contributed by atoms with Crippen LogP contribution in [0.3, 0.4) is 0 Å². The zero-order valence-electron chi connectivity index (χ0n) is 9.23. The van der Waals surface area contributed by atoms with E-state index >= 15 is 0 Å². The Hall–Kier alpha value is -2.51. The Morgan fingerprint density at radius 1 is 1.11 bits per heavy atom. The average Bonchev–Trinajstić information content (AvgIpc) is 2.27. The van der Waals surface area contributed by atoms with Gasteiger partial charge in [-0.1, -0.05) is 0 Å². The van der Waals surface area contributed by atoms with Crippen LogP contribution in [0, 0.1) is 0 Å². The zero-order chi connectivity index (χ0) is 14.6. The number of carbonyl (C=O) groups is 2. The molecule has 102 valence electrons. The van der Waals surface area contributed by atoms with Crippen LogP contribution in [-0.2, 0) is 15.8 Å². The van der Waals surface area contributed by atoms with Gasteiger partial charge in [0.2, 0.25) is 0 Å². The predicted molar refractivity (Wildman–Crippen MR) is 58.4 cm³/mol. The quantitative estimate of drug-likeness (QED) is 0.733. The largest absolute Gasteiger partial charge is 0.478 e. The topological polar surface area (TPSA) is 86.6 Å². The summed E-state index contributed by atoms with van der Waals surface area (Å²) in [5.41, 5.74) is -1.52. The number of halogens is 3. The van der Waals surface area contributed by atoms with E-state index in [1.54, 1.807) is 0 Å². The van der Waals surface area contributed by atoms with Gasteiger partial charge in [0.15, 0.2) is 0 Å². The number of anilines is 1. The van der Waals surface area contributed by atoms with Crippen molar-refractivity contribution in [2.75, 3.05) is 5.32 Å². The van der Waals surface area contributed by atoms with E-state index in [1.807, 2.05) is 0 Å². The van der Waals surface area contributed by atoms with E-state index in [0.29, 0.717) is 6.08 Å². The summed E-state index contributed by atoms with van der Waals surface area (Å²) in [7, 11) is 0. The Morgan fingerprint density at radius 2 is 1.63 bits per heavy atom. The summed E-state index contributed by atoms with van der Waals surface area (Å²) in [6.45, 7) is 0. The molecule has 0 spiro atoms. The van der Waals surface area contributed by atoms with Crippen LogP contribution in [0.25, 0.3) is 0 Å². The second-order valence-electron chi connectivity index (χ2n) is 3.40. The van der Waals surface area contributed by atoms with Gasteiger partial charge in [0.05, 0.1) is 11.6 Å². The number of alkyl halides is 3. The maximum atomic E-state index is 12.3. The number of hydrogen-bond acceptors (Lipinski definition) is 3. The van der Waals surface area contributed by atoms with Crippen LogP contribution in [0.1, 0.15) is 5.56 Å². The molecule has 1 rings (SSSR count). The molecule has 0 saturated carbocycles. The molecule has 0 aromatic heterocycles. The summed E-state index contributed by atoms with van der Waals surface area (Å²) in [6.07, 6.45) is -4.09. The van der Waals surface area contributed by atoms with E-state index in [9.17, 15) is 22.8 Å². The van der Waals surface area contributed by atoms with Crippen LogP contribution in [0.4, 0.5) is 18.9 Å². The molecule has 0 atom stereocenters. The van der Waals surface area contributed by atoms with Crippen molar-refractivity contribution in [2.45, 2.75) is 6.18 Å². The first-order chi connectivity index (χ1) is 8.70. The number of rotatable bonds is 4. The van der Waals surface area contributed by atoms with Crippen molar-refractivity contribution in [3.63, 3.8) is 0 Å². The molecule has 1 aromatic rings. The Morgan fingerprint density at radius 3 is 2.00 bits per heavy atom. The number of nitrogens with one attached hydrogen (secondary N) is 1. The summed E-state index contributed by atoms with van der Waals surface area (Å²) in [6, 6.07) is 3.51. The molecule has 0 radical (unpaired) electrons. The molecule has 0 unspecified atom stereocenters. The lowest BCUT2D eigenvalue weighted by atomic mass is 10.2. The molecule has 1 aromatic carbocycles. The van der Waals surface area contributed by atoms with Gasteiger partial charge in [-0.05, 0) is 24.3 Å². The minimum absolute atomic E-state index is 0.0305. The second kappa shape index (κ2) is 5.42. The molecule has 0 saturated heterocycles. The molecule has 0 amide bonds. The lowest BCUT2D eigenvalue weighted by molar-refractivity contribution is -0.137. The zero-order valence-corrected chi connectivity index (χ0v) is 9.23. The first-order valence-electron chi connectivity index (χ1n) is 4.82. The van der Waals surface area contributed by atoms with Crippen molar-refractivity contribution in [1.29, 1.82) is 0 Å². The van der Waals surface area contributed by atoms with Crippen LogP contribution in [0.15, 0.2) is 36.0 Å². The molecular formula is C11H8F3NO4. The van der Waals surface area contributed by atoms with E-state index in [-0.39, 0.29) is 5.69 Å². The molecule has 0 bridgehead atoms. The third-order valence-electron chi connectivity index (χ3n) is 1.99. The maximum absolute atomic E-state index is 12.3. The number of aliphatic carboxylic acids is 2. The van der Waals surface area contributed by atoms with Crippen LogP contribution < -0.4 is 5.32 Å². The fourth-order valence-corrected chi connectivity index (χ4v) is 1.17. The molecule has 0 aliphatic heterocycles. The first-order valence-corrected chi connectivity index (χ1v) is 4.82. The summed E-state index contributed by atoms with van der Waals surface area (Å²) < 4.78 is 36.8. The van der Waals surface area contributed by atoms with Crippen LogP contribution in [0.2, 0.25) is 0 Å². The van der Waals surface area contributed by atoms with E-state index in [0.717, 1.165) is 24.3 Å². The predicted octanol–water partition coefficient (Wildman–Crippen LogP) is 2.17. The van der Waals surface area contributed by atoms with Crippen molar-refractivity contribution in [1.82, 2.24) is 0 Å². The number of carboxylic acid groups (broad SMARTS) is 2. The van der Waals surface area contributed by atoms with Crippen LogP contribution in [-0.4, -0.2) is 22.2 Å². The van der Waals surface area contributed by atoms with Crippen molar-refractivity contribution in [2.24, 2.45) is 0 Å². The monoisotopic (exact) mass is 275 g/mol. The molecule has 19 heavy (non-hydrogen) atoms. The molecule has 8 heteroatoms. The highest BCUT2D eigenvalue weighted by Gasteiger charge is 2.29. The highest BCUT2D eigenvalue weighted by atomic mass is 19.4. The van der Waals surface area contributed by atoms with Gasteiger partial charge in [-0.3, -0.25) is 0 Å². The Kier molecular flexibility index (Phi) is 4.15. The van der Waals surface area contributed by atoms with Gasteiger partial charge in [-0.15, -0.1) is 0 Å². The van der Waals surface area contributed by atoms with E-state index in [1.165, 1.54) is 0 Å². The van der Waals surface area contributed by atoms with Gasteiger partial charge in [0.25, 0.3) is 0 Å². The minimum atomic E-state index is -4.49. The first kappa shape index (κ1) is 14.6. The van der Waals surface area contributed by atoms with Gasteiger partial charge in [-0.25, -0.2) is 9.59 Å². The number of benzene rings is 1. The van der Waals surface area contributed by atoms with Gasteiger partial charge in [0, 0.05) is 5.69 Å². The van der Waals surface area contributed by atoms with Crippen LogP contribution in [0.5, 0.6) is 0 Å². The Labute approximate surface area is 105 Å². The SMILES string of the molecule is O=C(O)/C=C(\Nc1ccc(C(F)(F)F)cc1)C(=O)O. The average molecular weight is 275 g/mol.